The molecule has 10 nitrogen and oxygen atoms in total. The van der Waals surface area contributed by atoms with Crippen LogP contribution >= 0.6 is 11.3 Å². The van der Waals surface area contributed by atoms with Gasteiger partial charge in [0.05, 0.1) is 19.4 Å². The average Bonchev–Trinajstić information content (AvgIpc) is 3.49. The topological polar surface area (TPSA) is 101 Å². The van der Waals surface area contributed by atoms with Gasteiger partial charge in [0.25, 0.3) is 0 Å². The molecule has 0 saturated carbocycles. The Kier molecular flexibility index (Phi) is 9.37. The van der Waals surface area contributed by atoms with Crippen LogP contribution < -0.4 is 19.9 Å². The van der Waals surface area contributed by atoms with Crippen molar-refractivity contribution in [3.05, 3.63) is 59.5 Å². The minimum absolute atomic E-state index is 0.100. The molecule has 2 aliphatic rings. The van der Waals surface area contributed by atoms with Gasteiger partial charge in [-0.3, -0.25) is 15.0 Å². The lowest BCUT2D eigenvalue weighted by molar-refractivity contribution is -0.152. The number of fused-ring (bicyclic) bond motifs is 2. The second-order valence-electron chi connectivity index (χ2n) is 9.85. The van der Waals surface area contributed by atoms with E-state index in [1.807, 2.05) is 40.6 Å². The van der Waals surface area contributed by atoms with E-state index in [2.05, 4.69) is 44.2 Å². The number of amides is 2. The number of rotatable bonds is 9. The molecule has 1 fully saturated rings. The molecule has 0 unspecified atom stereocenters. The van der Waals surface area contributed by atoms with E-state index in [1.54, 1.807) is 11.3 Å². The maximum atomic E-state index is 11.9. The van der Waals surface area contributed by atoms with Crippen molar-refractivity contribution in [1.82, 2.24) is 10.2 Å². The van der Waals surface area contributed by atoms with Crippen LogP contribution in [0, 0.1) is 0 Å². The number of nitrogens with one attached hydrogen (secondary N) is 1. The van der Waals surface area contributed by atoms with Gasteiger partial charge in [-0.05, 0) is 60.7 Å². The Bertz CT molecular complexity index is 1410. The molecule has 11 heteroatoms. The summed E-state index contributed by atoms with van der Waals surface area (Å²) < 4.78 is 16.8. The predicted octanol–water partition coefficient (Wildman–Crippen LogP) is 4.10. The number of alkyl carbamates (subject to hydrolysis) is 1. The van der Waals surface area contributed by atoms with Crippen LogP contribution in [0.5, 0.6) is 5.75 Å². The number of unbranched alkanes of at least 4 members (excludes halogenated alkanes) is 1. The summed E-state index contributed by atoms with van der Waals surface area (Å²) in [5.74, 6) is -1.60. The quantitative estimate of drug-likeness (QED) is 0.229. The molecule has 1 saturated heterocycles. The van der Waals surface area contributed by atoms with Gasteiger partial charge in [-0.15, -0.1) is 11.3 Å². The molecule has 0 spiro atoms. The molecule has 5 rings (SSSR count). The molecule has 0 aliphatic carbocycles. The molecular weight excluding hydrogens is 544 g/mol. The van der Waals surface area contributed by atoms with Gasteiger partial charge in [0.1, 0.15) is 5.75 Å². The van der Waals surface area contributed by atoms with Crippen LogP contribution in [0.1, 0.15) is 18.4 Å². The van der Waals surface area contributed by atoms with Gasteiger partial charge in [0.2, 0.25) is 0 Å². The van der Waals surface area contributed by atoms with Crippen LogP contribution in [0.2, 0.25) is 0 Å². The van der Waals surface area contributed by atoms with E-state index in [4.69, 9.17) is 9.47 Å². The van der Waals surface area contributed by atoms with Crippen molar-refractivity contribution in [3.8, 4) is 5.75 Å². The van der Waals surface area contributed by atoms with Gasteiger partial charge in [0.15, 0.2) is 6.73 Å². The van der Waals surface area contributed by atoms with Crippen LogP contribution in [0.4, 0.5) is 16.2 Å². The van der Waals surface area contributed by atoms with Crippen LogP contribution in [-0.2, 0) is 19.1 Å². The summed E-state index contributed by atoms with van der Waals surface area (Å²) in [5.41, 5.74) is 3.17. The smallest absolute Gasteiger partial charge is 0.416 e. The van der Waals surface area contributed by atoms with Gasteiger partial charge < -0.3 is 24.0 Å². The van der Waals surface area contributed by atoms with Crippen LogP contribution in [0.25, 0.3) is 16.2 Å². The van der Waals surface area contributed by atoms with Gasteiger partial charge in [0, 0.05) is 54.6 Å². The number of carbonyl (C=O) groups is 3. The standard InChI is InChI=1S/C30H34N4O6S/c1-38-29(36)28(35)31-30(37)40-21-34-13-5-6-22-9-10-23(20-26(22)34)39-18-3-2-12-32-14-16-33(17-15-32)25-7-4-8-27-24(25)11-19-41-27/h4-11,19-20H,2-3,12-18,21H2,1H3,(H,31,35,37). The summed E-state index contributed by atoms with van der Waals surface area (Å²) in [6.45, 7) is 6.29. The van der Waals surface area contributed by atoms with Gasteiger partial charge in [-0.25, -0.2) is 9.59 Å². The van der Waals surface area contributed by atoms with E-state index in [9.17, 15) is 14.4 Å². The third-order valence-electron chi connectivity index (χ3n) is 7.23. The Morgan fingerprint density at radius 1 is 1.00 bits per heavy atom. The highest BCUT2D eigenvalue weighted by Gasteiger charge is 2.21. The second-order valence-corrected chi connectivity index (χ2v) is 10.8. The van der Waals surface area contributed by atoms with Crippen molar-refractivity contribution in [2.24, 2.45) is 0 Å². The van der Waals surface area contributed by atoms with Crippen LogP contribution in [0.15, 0.2) is 53.9 Å². The maximum Gasteiger partial charge on any atom is 0.416 e. The normalized spacial score (nSPS) is 15.0. The third kappa shape index (κ3) is 7.17. The Balaban J connectivity index is 1.03. The fraction of sp³-hybridized carbons (Fsp3) is 0.367. The lowest BCUT2D eigenvalue weighted by Crippen LogP contribution is -2.46. The first-order valence-electron chi connectivity index (χ1n) is 13.7. The van der Waals surface area contributed by atoms with Crippen molar-refractivity contribution in [2.45, 2.75) is 12.8 Å². The molecule has 3 heterocycles. The first kappa shape index (κ1) is 28.4. The summed E-state index contributed by atoms with van der Waals surface area (Å²) >= 11 is 1.80. The number of esters is 1. The number of thiophene rings is 1. The van der Waals surface area contributed by atoms with Crippen molar-refractivity contribution in [1.29, 1.82) is 0 Å². The molecule has 2 aromatic carbocycles. The number of ether oxygens (including phenoxy) is 3. The van der Waals surface area contributed by atoms with E-state index in [0.717, 1.165) is 69.7 Å². The monoisotopic (exact) mass is 578 g/mol. The molecule has 41 heavy (non-hydrogen) atoms. The molecule has 216 valence electrons. The molecule has 2 amide bonds. The second kappa shape index (κ2) is 13.5. The zero-order valence-corrected chi connectivity index (χ0v) is 23.9. The van der Waals surface area contributed by atoms with Gasteiger partial charge in [-0.1, -0.05) is 18.2 Å². The lowest BCUT2D eigenvalue weighted by Gasteiger charge is -2.36. The highest BCUT2D eigenvalue weighted by Crippen LogP contribution is 2.32. The van der Waals surface area contributed by atoms with Gasteiger partial charge >= 0.3 is 18.0 Å². The number of hydrogen-bond acceptors (Lipinski definition) is 10. The number of carbonyl (C=O) groups excluding carboxylic acids is 3. The van der Waals surface area contributed by atoms with E-state index in [1.165, 1.54) is 15.8 Å². The first-order chi connectivity index (χ1) is 20.0. The molecule has 1 aromatic heterocycles. The van der Waals surface area contributed by atoms with E-state index in [-0.39, 0.29) is 6.73 Å². The SMILES string of the molecule is COC(=O)C(=O)NC(=O)OCN1CC=Cc2ccc(OCCCCN3CCN(c4cccc5sccc45)CC3)cc21. The zero-order chi connectivity index (χ0) is 28.6. The molecule has 3 aromatic rings. The minimum Gasteiger partial charge on any atom is -0.494 e. The fourth-order valence-electron chi connectivity index (χ4n) is 5.06. The Morgan fingerprint density at radius 3 is 2.68 bits per heavy atom. The van der Waals surface area contributed by atoms with E-state index < -0.39 is 18.0 Å². The van der Waals surface area contributed by atoms with Crippen LogP contribution in [-0.4, -0.2) is 82.6 Å². The number of piperazine rings is 1. The van der Waals surface area contributed by atoms with E-state index >= 15 is 0 Å². The maximum absolute atomic E-state index is 11.9. The molecule has 0 radical (unpaired) electrons. The number of anilines is 2. The first-order valence-corrected chi connectivity index (χ1v) is 14.6. The van der Waals surface area contributed by atoms with Crippen molar-refractivity contribution < 1.29 is 28.6 Å². The van der Waals surface area contributed by atoms with Crippen molar-refractivity contribution in [3.63, 3.8) is 0 Å². The zero-order valence-electron chi connectivity index (χ0n) is 23.0. The molecule has 0 bridgehead atoms. The van der Waals surface area contributed by atoms with Crippen molar-refractivity contribution >= 4 is 56.8 Å². The molecule has 2 aliphatic heterocycles. The average molecular weight is 579 g/mol. The number of methoxy groups -OCH3 is 1. The summed E-state index contributed by atoms with van der Waals surface area (Å²) in [4.78, 5) is 41.4. The lowest BCUT2D eigenvalue weighted by atomic mass is 10.1. The highest BCUT2D eigenvalue weighted by atomic mass is 32.1. The van der Waals surface area contributed by atoms with Crippen LogP contribution in [0.3, 0.4) is 0 Å². The fourth-order valence-corrected chi connectivity index (χ4v) is 5.87. The number of nitrogens with zero attached hydrogens (tertiary/aromatic N) is 3. The highest BCUT2D eigenvalue weighted by molar-refractivity contribution is 7.17. The number of benzene rings is 2. The summed E-state index contributed by atoms with van der Waals surface area (Å²) in [5, 5.41) is 5.36. The molecule has 1 N–H and O–H groups in total. The molecule has 0 atom stereocenters. The van der Waals surface area contributed by atoms with E-state index in [0.29, 0.717) is 13.2 Å². The van der Waals surface area contributed by atoms with Gasteiger partial charge in [-0.2, -0.15) is 0 Å². The predicted molar refractivity (Wildman–Crippen MR) is 160 cm³/mol. The third-order valence-corrected chi connectivity index (χ3v) is 8.11. The Hall–Kier alpha value is -4.09. The Morgan fingerprint density at radius 2 is 1.85 bits per heavy atom. The summed E-state index contributed by atoms with van der Waals surface area (Å²) in [6.07, 6.45) is 4.94. The summed E-state index contributed by atoms with van der Waals surface area (Å²) in [7, 11) is 1.06. The number of imide groups is 1. The summed E-state index contributed by atoms with van der Waals surface area (Å²) in [6, 6.07) is 14.6. The minimum atomic E-state index is -1.18. The van der Waals surface area contributed by atoms with Crippen molar-refractivity contribution in [2.75, 3.05) is 69.5 Å². The Labute approximate surface area is 243 Å². The molecular formula is C30H34N4O6S. The largest absolute Gasteiger partial charge is 0.494 e. The number of hydrogen-bond donors (Lipinski definition) is 1.